The van der Waals surface area contributed by atoms with E-state index >= 15 is 0 Å². The number of likely N-dealkylation sites (tertiary alicyclic amines) is 1. The van der Waals surface area contributed by atoms with Gasteiger partial charge in [-0.2, -0.15) is 0 Å². The van der Waals surface area contributed by atoms with Crippen LogP contribution in [0.2, 0.25) is 0 Å². The number of carbonyl (C=O) groups excluding carboxylic acids is 1. The minimum atomic E-state index is -0.396. The van der Waals surface area contributed by atoms with Gasteiger partial charge in [-0.05, 0) is 24.0 Å². The van der Waals surface area contributed by atoms with Crippen LogP contribution in [0.5, 0.6) is 0 Å². The van der Waals surface area contributed by atoms with E-state index in [0.717, 1.165) is 29.5 Å². The third-order valence-electron chi connectivity index (χ3n) is 4.30. The number of fused-ring (bicyclic) bond motifs is 1. The third-order valence-corrected chi connectivity index (χ3v) is 4.30. The number of urea groups is 1. The molecule has 1 aliphatic heterocycles. The molecule has 1 aliphatic carbocycles. The van der Waals surface area contributed by atoms with Crippen LogP contribution in [0.15, 0.2) is 23.2 Å². The van der Waals surface area contributed by atoms with Gasteiger partial charge in [-0.25, -0.2) is 4.79 Å². The average Bonchev–Trinajstić information content (AvgIpc) is 2.89. The van der Waals surface area contributed by atoms with Crippen LogP contribution in [0.3, 0.4) is 0 Å². The van der Waals surface area contributed by atoms with E-state index < -0.39 is 6.10 Å². The first-order valence-corrected chi connectivity index (χ1v) is 7.36. The monoisotopic (exact) mass is 304 g/mol. The summed E-state index contributed by atoms with van der Waals surface area (Å²) in [4.78, 5) is 17.7. The summed E-state index contributed by atoms with van der Waals surface area (Å²) in [6, 6.07) is 5.61. The molecule has 1 atom stereocenters. The zero-order valence-corrected chi connectivity index (χ0v) is 12.4. The number of aliphatic hydroxyl groups excluding tert-OH is 1. The van der Waals surface area contributed by atoms with Crippen LogP contribution in [0.1, 0.15) is 29.2 Å². The van der Waals surface area contributed by atoms with E-state index in [1.807, 2.05) is 18.2 Å². The number of aliphatic imine (C=N–C) groups is 1. The third kappa shape index (κ3) is 2.53. The second-order valence-corrected chi connectivity index (χ2v) is 5.66. The van der Waals surface area contributed by atoms with Crippen molar-refractivity contribution < 1.29 is 15.1 Å². The summed E-state index contributed by atoms with van der Waals surface area (Å²) in [5.74, 6) is 0.426. The molecule has 22 heavy (non-hydrogen) atoms. The second kappa shape index (κ2) is 5.94. The first-order valence-electron chi connectivity index (χ1n) is 7.36. The highest BCUT2D eigenvalue weighted by Gasteiger charge is 2.32. The lowest BCUT2D eigenvalue weighted by Gasteiger charge is -2.36. The van der Waals surface area contributed by atoms with Crippen LogP contribution in [-0.2, 0) is 6.42 Å². The first kappa shape index (κ1) is 14.8. The zero-order chi connectivity index (χ0) is 15.7. The fourth-order valence-corrected chi connectivity index (χ4v) is 3.12. The number of benzene rings is 1. The number of hydrogen-bond acceptors (Lipinski definition) is 4. The van der Waals surface area contributed by atoms with Crippen molar-refractivity contribution in [2.75, 3.05) is 20.1 Å². The van der Waals surface area contributed by atoms with Crippen molar-refractivity contribution in [3.05, 3.63) is 34.9 Å². The van der Waals surface area contributed by atoms with Gasteiger partial charge in [-0.15, -0.1) is 0 Å². The Bertz CT molecular complexity index is 611. The van der Waals surface area contributed by atoms with Crippen molar-refractivity contribution in [2.24, 2.45) is 4.99 Å². The maximum absolute atomic E-state index is 12.1. The molecule has 1 fully saturated rings. The van der Waals surface area contributed by atoms with E-state index in [1.165, 1.54) is 0 Å². The number of β-amino-alcohol motifs (C(OH)–C–C–N with tert-alkyl or cyclic N) is 1. The van der Waals surface area contributed by atoms with Crippen molar-refractivity contribution in [1.82, 2.24) is 15.7 Å². The van der Waals surface area contributed by atoms with Gasteiger partial charge in [0, 0.05) is 12.6 Å². The van der Waals surface area contributed by atoms with Crippen molar-refractivity contribution >= 4 is 11.9 Å². The lowest BCUT2D eigenvalue weighted by Crippen LogP contribution is -2.57. The Morgan fingerprint density at radius 2 is 2.18 bits per heavy atom. The normalized spacial score (nSPS) is 21.3. The molecule has 1 aromatic carbocycles. The Morgan fingerprint density at radius 3 is 2.82 bits per heavy atom. The molecule has 2 aliphatic rings. The predicted molar refractivity (Wildman–Crippen MR) is 81.0 cm³/mol. The largest absolute Gasteiger partial charge is 0.389 e. The molecule has 7 nitrogen and oxygen atoms in total. The van der Waals surface area contributed by atoms with Crippen molar-refractivity contribution in [1.29, 1.82) is 0 Å². The number of nitrogens with zero attached hydrogens (tertiary/aromatic N) is 2. The molecule has 118 valence electrons. The number of hydroxylamine groups is 1. The highest BCUT2D eigenvalue weighted by molar-refractivity contribution is 5.99. The molecule has 0 radical (unpaired) electrons. The molecule has 0 bridgehead atoms. The van der Waals surface area contributed by atoms with Gasteiger partial charge in [0.25, 0.3) is 0 Å². The standard InChI is InChI=1S/C15H20N4O3/c1-16-14(18-22)12-4-2-3-11-10(12)5-6-13(11)17-15(21)19-7-9(20)8-19/h2-4,9,13,20,22H,5-8H2,1H3,(H,16,18)(H,17,21)/t13-/m1/s1. The summed E-state index contributed by atoms with van der Waals surface area (Å²) in [6.45, 7) is 0.791. The summed E-state index contributed by atoms with van der Waals surface area (Å²) >= 11 is 0. The Hall–Kier alpha value is -2.12. The van der Waals surface area contributed by atoms with Gasteiger partial charge < -0.3 is 15.3 Å². The van der Waals surface area contributed by atoms with Gasteiger partial charge in [0.05, 0.1) is 25.2 Å². The minimum Gasteiger partial charge on any atom is -0.389 e. The quantitative estimate of drug-likeness (QED) is 0.361. The molecule has 3 rings (SSSR count). The van der Waals surface area contributed by atoms with Crippen LogP contribution in [0, 0.1) is 0 Å². The SMILES string of the molecule is CN=C(NO)c1cccc2c1CC[C@H]2NC(=O)N1CC(O)C1. The van der Waals surface area contributed by atoms with E-state index in [0.29, 0.717) is 18.9 Å². The molecule has 2 amide bonds. The van der Waals surface area contributed by atoms with E-state index in [1.54, 1.807) is 11.9 Å². The van der Waals surface area contributed by atoms with E-state index in [-0.39, 0.29) is 12.1 Å². The molecule has 0 unspecified atom stereocenters. The van der Waals surface area contributed by atoms with Gasteiger partial charge in [-0.3, -0.25) is 15.7 Å². The van der Waals surface area contributed by atoms with E-state index in [4.69, 9.17) is 0 Å². The summed E-state index contributed by atoms with van der Waals surface area (Å²) < 4.78 is 0. The van der Waals surface area contributed by atoms with Crippen LogP contribution >= 0.6 is 0 Å². The minimum absolute atomic E-state index is 0.0445. The summed E-state index contributed by atoms with van der Waals surface area (Å²) in [5, 5.41) is 21.5. The second-order valence-electron chi connectivity index (χ2n) is 5.66. The lowest BCUT2D eigenvalue weighted by atomic mass is 10.0. The van der Waals surface area contributed by atoms with Gasteiger partial charge in [0.2, 0.25) is 0 Å². The van der Waals surface area contributed by atoms with Crippen LogP contribution < -0.4 is 10.8 Å². The maximum Gasteiger partial charge on any atom is 0.318 e. The summed E-state index contributed by atoms with van der Waals surface area (Å²) in [6.07, 6.45) is 1.24. The van der Waals surface area contributed by atoms with Gasteiger partial charge in [0.15, 0.2) is 5.84 Å². The molecule has 1 saturated heterocycles. The fourth-order valence-electron chi connectivity index (χ4n) is 3.12. The fraction of sp³-hybridized carbons (Fsp3) is 0.467. The number of nitrogens with one attached hydrogen (secondary N) is 2. The molecule has 7 heteroatoms. The van der Waals surface area contributed by atoms with Crippen molar-refractivity contribution in [3.63, 3.8) is 0 Å². The van der Waals surface area contributed by atoms with Crippen LogP contribution in [0.4, 0.5) is 4.79 Å². The van der Waals surface area contributed by atoms with E-state index in [2.05, 4.69) is 15.8 Å². The van der Waals surface area contributed by atoms with Crippen LogP contribution in [0.25, 0.3) is 0 Å². The predicted octanol–water partition coefficient (Wildman–Crippen LogP) is 0.415. The number of carbonyl (C=O) groups is 1. The highest BCUT2D eigenvalue weighted by atomic mass is 16.5. The van der Waals surface area contributed by atoms with Crippen molar-refractivity contribution in [3.8, 4) is 0 Å². The Morgan fingerprint density at radius 1 is 1.41 bits per heavy atom. The molecule has 4 N–H and O–H groups in total. The lowest BCUT2D eigenvalue weighted by molar-refractivity contribution is 0.0257. The van der Waals surface area contributed by atoms with Crippen LogP contribution in [-0.4, -0.2) is 53.3 Å². The molecule has 0 spiro atoms. The molecular formula is C15H20N4O3. The Labute approximate surface area is 128 Å². The summed E-state index contributed by atoms with van der Waals surface area (Å²) in [7, 11) is 1.61. The number of hydrogen-bond donors (Lipinski definition) is 4. The highest BCUT2D eigenvalue weighted by Crippen LogP contribution is 2.33. The molecule has 1 heterocycles. The average molecular weight is 304 g/mol. The number of rotatable bonds is 2. The first-order chi connectivity index (χ1) is 10.6. The summed E-state index contributed by atoms with van der Waals surface area (Å²) in [5.41, 5.74) is 5.14. The Balaban J connectivity index is 1.77. The number of amidine groups is 1. The number of aliphatic hydroxyl groups is 1. The van der Waals surface area contributed by atoms with E-state index in [9.17, 15) is 15.1 Å². The molecule has 1 aromatic rings. The molecule has 0 saturated carbocycles. The maximum atomic E-state index is 12.1. The molecule has 0 aromatic heterocycles. The molecular weight excluding hydrogens is 284 g/mol. The smallest absolute Gasteiger partial charge is 0.318 e. The van der Waals surface area contributed by atoms with Gasteiger partial charge >= 0.3 is 6.03 Å². The Kier molecular flexibility index (Phi) is 4.00. The van der Waals surface area contributed by atoms with Crippen molar-refractivity contribution in [2.45, 2.75) is 25.0 Å². The number of amides is 2. The van der Waals surface area contributed by atoms with Gasteiger partial charge in [0.1, 0.15) is 0 Å². The topological polar surface area (TPSA) is 97.2 Å². The van der Waals surface area contributed by atoms with Gasteiger partial charge in [-0.1, -0.05) is 18.2 Å². The zero-order valence-electron chi connectivity index (χ0n) is 12.4.